The van der Waals surface area contributed by atoms with Crippen molar-refractivity contribution < 1.29 is 4.79 Å². The summed E-state index contributed by atoms with van der Waals surface area (Å²) in [4.78, 5) is 12.4. The molecule has 2 rings (SSSR count). The lowest BCUT2D eigenvalue weighted by molar-refractivity contribution is 0.103. The molecule has 0 fully saturated rings. The van der Waals surface area contributed by atoms with Crippen LogP contribution in [-0.2, 0) is 0 Å². The molecule has 4 heteroatoms. The third-order valence-electron chi connectivity index (χ3n) is 2.62. The highest BCUT2D eigenvalue weighted by molar-refractivity contribution is 14.1. The van der Waals surface area contributed by atoms with E-state index in [1.807, 2.05) is 25.1 Å². The Balaban J connectivity index is 2.48. The molecule has 1 nitrogen and oxygen atoms in total. The van der Waals surface area contributed by atoms with Gasteiger partial charge in [0.1, 0.15) is 0 Å². The molecule has 2 aromatic rings. The topological polar surface area (TPSA) is 17.1 Å². The fourth-order valence-electron chi connectivity index (χ4n) is 1.62. The van der Waals surface area contributed by atoms with Gasteiger partial charge in [0, 0.05) is 14.7 Å². The Kier molecular flexibility index (Phi) is 4.30. The van der Waals surface area contributed by atoms with Crippen LogP contribution in [0.3, 0.4) is 0 Å². The van der Waals surface area contributed by atoms with Crippen LogP contribution in [0.4, 0.5) is 0 Å². The number of benzene rings is 2. The van der Waals surface area contributed by atoms with E-state index >= 15 is 0 Å². The average Bonchev–Trinajstić information content (AvgIpc) is 2.35. The molecule has 0 N–H and O–H groups in total. The molecule has 0 atom stereocenters. The first-order valence-electron chi connectivity index (χ1n) is 5.25. The summed E-state index contributed by atoms with van der Waals surface area (Å²) in [5, 5.41) is 0.845. The first-order valence-corrected chi connectivity index (χ1v) is 7.09. The van der Waals surface area contributed by atoms with Crippen LogP contribution in [0, 0.1) is 10.5 Å². The quantitative estimate of drug-likeness (QED) is 0.512. The van der Waals surface area contributed by atoms with E-state index in [-0.39, 0.29) is 5.78 Å². The van der Waals surface area contributed by atoms with Gasteiger partial charge in [-0.1, -0.05) is 35.3 Å². The van der Waals surface area contributed by atoms with E-state index in [2.05, 4.69) is 22.6 Å². The van der Waals surface area contributed by atoms with Gasteiger partial charge in [0.2, 0.25) is 0 Å². The van der Waals surface area contributed by atoms with Gasteiger partial charge in [0.25, 0.3) is 0 Å². The minimum atomic E-state index is -0.0401. The van der Waals surface area contributed by atoms with Gasteiger partial charge in [-0.05, 0) is 59.3 Å². The maximum atomic E-state index is 12.4. The summed E-state index contributed by atoms with van der Waals surface area (Å²) in [6, 6.07) is 10.6. The van der Waals surface area contributed by atoms with Crippen molar-refractivity contribution in [3.05, 3.63) is 66.7 Å². The maximum absolute atomic E-state index is 12.4. The Morgan fingerprint density at radius 2 is 1.83 bits per heavy atom. The molecule has 0 aliphatic heterocycles. The lowest BCUT2D eigenvalue weighted by Gasteiger charge is -2.07. The number of hydrogen-bond acceptors (Lipinski definition) is 1. The number of ketones is 1. The van der Waals surface area contributed by atoms with E-state index in [1.54, 1.807) is 18.2 Å². The van der Waals surface area contributed by atoms with E-state index < -0.39 is 0 Å². The Morgan fingerprint density at radius 1 is 1.11 bits per heavy atom. The van der Waals surface area contributed by atoms with Gasteiger partial charge >= 0.3 is 0 Å². The zero-order valence-electron chi connectivity index (χ0n) is 9.51. The number of carbonyl (C=O) groups is 1. The smallest absolute Gasteiger partial charge is 0.194 e. The van der Waals surface area contributed by atoms with Crippen molar-refractivity contribution in [2.24, 2.45) is 0 Å². The number of carbonyl (C=O) groups excluding carboxylic acids is 1. The normalized spacial score (nSPS) is 10.4. The van der Waals surface area contributed by atoms with Crippen LogP contribution in [0.25, 0.3) is 0 Å². The molecular formula is C14H9Cl2IO. The van der Waals surface area contributed by atoms with E-state index in [4.69, 9.17) is 23.2 Å². The van der Waals surface area contributed by atoms with E-state index in [9.17, 15) is 4.79 Å². The summed E-state index contributed by atoms with van der Waals surface area (Å²) in [6.07, 6.45) is 0. The maximum Gasteiger partial charge on any atom is 0.194 e. The largest absolute Gasteiger partial charge is 0.289 e. The second kappa shape index (κ2) is 5.59. The van der Waals surface area contributed by atoms with E-state index in [0.717, 1.165) is 9.13 Å². The first-order chi connectivity index (χ1) is 8.50. The predicted molar refractivity (Wildman–Crippen MR) is 83.8 cm³/mol. The SMILES string of the molecule is Cc1cccc(C(=O)c2ccc(Cl)c(Cl)c2)c1I. The van der Waals surface area contributed by atoms with Gasteiger partial charge in [-0.15, -0.1) is 0 Å². The minimum absolute atomic E-state index is 0.0401. The van der Waals surface area contributed by atoms with Gasteiger partial charge in [-0.2, -0.15) is 0 Å². The second-order valence-electron chi connectivity index (χ2n) is 3.89. The molecule has 0 amide bonds. The molecule has 2 aromatic carbocycles. The molecule has 0 unspecified atom stereocenters. The van der Waals surface area contributed by atoms with Crippen molar-refractivity contribution >= 4 is 51.6 Å². The van der Waals surface area contributed by atoms with Crippen LogP contribution in [0.1, 0.15) is 21.5 Å². The molecule has 0 aliphatic carbocycles. The highest BCUT2D eigenvalue weighted by atomic mass is 127. The molecule has 0 aliphatic rings. The standard InChI is InChI=1S/C14H9Cl2IO/c1-8-3-2-4-10(13(8)17)14(18)9-5-6-11(15)12(16)7-9/h2-7H,1H3. The Hall–Kier alpha value is -0.580. The summed E-state index contributed by atoms with van der Waals surface area (Å²) in [5.74, 6) is -0.0401. The fraction of sp³-hybridized carbons (Fsp3) is 0.0714. The van der Waals surface area contributed by atoms with Gasteiger partial charge in [0.15, 0.2) is 5.78 Å². The third-order valence-corrected chi connectivity index (χ3v) is 4.79. The summed E-state index contributed by atoms with van der Waals surface area (Å²) in [5.41, 5.74) is 2.32. The van der Waals surface area contributed by atoms with Crippen molar-refractivity contribution in [2.45, 2.75) is 6.92 Å². The summed E-state index contributed by atoms with van der Waals surface area (Å²) in [7, 11) is 0. The lowest BCUT2D eigenvalue weighted by atomic mass is 10.0. The van der Waals surface area contributed by atoms with Gasteiger partial charge in [0.05, 0.1) is 10.0 Å². The summed E-state index contributed by atoms with van der Waals surface area (Å²) < 4.78 is 0.964. The number of hydrogen-bond donors (Lipinski definition) is 0. The zero-order chi connectivity index (χ0) is 13.3. The monoisotopic (exact) mass is 390 g/mol. The summed E-state index contributed by atoms with van der Waals surface area (Å²) in [6.45, 7) is 1.98. The highest BCUT2D eigenvalue weighted by Crippen LogP contribution is 2.25. The van der Waals surface area contributed by atoms with Crippen LogP contribution in [0.2, 0.25) is 10.0 Å². The van der Waals surface area contributed by atoms with Crippen molar-refractivity contribution in [3.8, 4) is 0 Å². The van der Waals surface area contributed by atoms with Crippen molar-refractivity contribution in [2.75, 3.05) is 0 Å². The predicted octanol–water partition coefficient (Wildman–Crippen LogP) is 5.14. The molecule has 0 saturated carbocycles. The average molecular weight is 391 g/mol. The molecule has 0 radical (unpaired) electrons. The van der Waals surface area contributed by atoms with Crippen LogP contribution >= 0.6 is 45.8 Å². The Bertz CT molecular complexity index is 623. The lowest BCUT2D eigenvalue weighted by Crippen LogP contribution is -2.04. The highest BCUT2D eigenvalue weighted by Gasteiger charge is 2.14. The van der Waals surface area contributed by atoms with Crippen molar-refractivity contribution in [3.63, 3.8) is 0 Å². The molecule has 92 valence electrons. The molecule has 0 heterocycles. The third kappa shape index (κ3) is 2.71. The van der Waals surface area contributed by atoms with Crippen molar-refractivity contribution in [1.29, 1.82) is 0 Å². The fourth-order valence-corrected chi connectivity index (χ4v) is 2.52. The molecule has 0 bridgehead atoms. The van der Waals surface area contributed by atoms with Gasteiger partial charge in [-0.25, -0.2) is 0 Å². The molecule has 0 spiro atoms. The molecule has 18 heavy (non-hydrogen) atoms. The van der Waals surface area contributed by atoms with Crippen LogP contribution in [0.15, 0.2) is 36.4 Å². The van der Waals surface area contributed by atoms with Crippen molar-refractivity contribution in [1.82, 2.24) is 0 Å². The zero-order valence-corrected chi connectivity index (χ0v) is 13.2. The molecular weight excluding hydrogens is 382 g/mol. The van der Waals surface area contributed by atoms with E-state index in [0.29, 0.717) is 21.2 Å². The van der Waals surface area contributed by atoms with Crippen LogP contribution in [0.5, 0.6) is 0 Å². The first kappa shape index (κ1) is 13.8. The molecule has 0 saturated heterocycles. The number of aryl methyl sites for hydroxylation is 1. The Morgan fingerprint density at radius 3 is 2.50 bits per heavy atom. The molecule has 0 aromatic heterocycles. The summed E-state index contributed by atoms with van der Waals surface area (Å²) >= 11 is 14.0. The minimum Gasteiger partial charge on any atom is -0.289 e. The van der Waals surface area contributed by atoms with Gasteiger partial charge in [-0.3, -0.25) is 4.79 Å². The number of halogens is 3. The van der Waals surface area contributed by atoms with E-state index in [1.165, 1.54) is 0 Å². The Labute approximate surface area is 129 Å². The van der Waals surface area contributed by atoms with Gasteiger partial charge < -0.3 is 0 Å². The van der Waals surface area contributed by atoms with Crippen LogP contribution < -0.4 is 0 Å². The second-order valence-corrected chi connectivity index (χ2v) is 5.79. The van der Waals surface area contributed by atoms with Crippen LogP contribution in [-0.4, -0.2) is 5.78 Å². The number of rotatable bonds is 2.